The molecule has 2 aliphatic heterocycles. The number of aryl methyl sites for hydroxylation is 2. The van der Waals surface area contributed by atoms with E-state index in [9.17, 15) is 9.18 Å². The molecule has 4 heterocycles. The van der Waals surface area contributed by atoms with Crippen molar-refractivity contribution in [1.82, 2.24) is 24.6 Å². The van der Waals surface area contributed by atoms with E-state index in [0.29, 0.717) is 48.9 Å². The Morgan fingerprint density at radius 2 is 2.06 bits per heavy atom. The molecule has 0 aliphatic carbocycles. The number of hydrogen-bond donors (Lipinski definition) is 0. The van der Waals surface area contributed by atoms with E-state index >= 15 is 0 Å². The summed E-state index contributed by atoms with van der Waals surface area (Å²) < 4.78 is 21.8. The highest BCUT2D eigenvalue weighted by atomic mass is 19.1. The van der Waals surface area contributed by atoms with Crippen LogP contribution in [0.15, 0.2) is 30.6 Å². The van der Waals surface area contributed by atoms with Crippen molar-refractivity contribution < 1.29 is 13.9 Å². The summed E-state index contributed by atoms with van der Waals surface area (Å²) in [5, 5.41) is 4.55. The van der Waals surface area contributed by atoms with Crippen LogP contribution in [-0.2, 0) is 18.3 Å². The number of ether oxygens (including phenoxy) is 1. The van der Waals surface area contributed by atoms with Crippen LogP contribution >= 0.6 is 0 Å². The molecule has 0 unspecified atom stereocenters. The van der Waals surface area contributed by atoms with Crippen LogP contribution < -0.4 is 4.90 Å². The number of benzene rings is 1. The molecule has 8 nitrogen and oxygen atoms in total. The van der Waals surface area contributed by atoms with Crippen LogP contribution in [-0.4, -0.2) is 57.4 Å². The lowest BCUT2D eigenvalue weighted by atomic mass is 9.97. The van der Waals surface area contributed by atoms with Gasteiger partial charge in [-0.05, 0) is 30.7 Å². The number of fused-ring (bicyclic) bond motifs is 8. The molecule has 1 fully saturated rings. The number of rotatable bonds is 0. The number of carbonyl (C=O) groups is 1. The van der Waals surface area contributed by atoms with Crippen molar-refractivity contribution in [1.29, 1.82) is 0 Å². The molecule has 0 saturated carbocycles. The van der Waals surface area contributed by atoms with Gasteiger partial charge in [0.15, 0.2) is 5.82 Å². The zero-order valence-electron chi connectivity index (χ0n) is 17.7. The molecule has 160 valence electrons. The van der Waals surface area contributed by atoms with Gasteiger partial charge < -0.3 is 14.5 Å². The number of aromatic nitrogens is 4. The molecular weight excluding hydrogens is 399 g/mol. The van der Waals surface area contributed by atoms with E-state index in [4.69, 9.17) is 9.72 Å². The molecular formula is C22H23FN6O2. The fourth-order valence-electron chi connectivity index (χ4n) is 4.33. The number of amides is 1. The van der Waals surface area contributed by atoms with Crippen LogP contribution in [0.4, 0.5) is 10.2 Å². The molecule has 0 spiro atoms. The van der Waals surface area contributed by atoms with Crippen LogP contribution in [0, 0.1) is 12.7 Å². The minimum atomic E-state index is -0.393. The van der Waals surface area contributed by atoms with Gasteiger partial charge in [0.05, 0.1) is 49.1 Å². The van der Waals surface area contributed by atoms with Gasteiger partial charge in [0, 0.05) is 38.0 Å². The zero-order valence-corrected chi connectivity index (χ0v) is 17.7. The first-order chi connectivity index (χ1) is 14.9. The van der Waals surface area contributed by atoms with Crippen molar-refractivity contribution in [3.8, 4) is 11.3 Å². The van der Waals surface area contributed by atoms with Crippen molar-refractivity contribution in [2.24, 2.45) is 7.05 Å². The van der Waals surface area contributed by atoms with Crippen LogP contribution in [0.25, 0.3) is 11.3 Å². The lowest BCUT2D eigenvalue weighted by Gasteiger charge is -2.38. The molecule has 2 aliphatic rings. The average molecular weight is 422 g/mol. The molecule has 0 N–H and O–H groups in total. The van der Waals surface area contributed by atoms with Crippen molar-refractivity contribution in [2.45, 2.75) is 19.5 Å². The highest BCUT2D eigenvalue weighted by molar-refractivity contribution is 5.96. The fourth-order valence-corrected chi connectivity index (χ4v) is 4.33. The smallest absolute Gasteiger partial charge is 0.254 e. The van der Waals surface area contributed by atoms with Crippen LogP contribution in [0.5, 0.6) is 0 Å². The second-order valence-electron chi connectivity index (χ2n) is 8.00. The zero-order chi connectivity index (χ0) is 21.7. The Morgan fingerprint density at radius 3 is 2.90 bits per heavy atom. The third kappa shape index (κ3) is 3.34. The van der Waals surface area contributed by atoms with Gasteiger partial charge in [-0.2, -0.15) is 5.10 Å². The number of nitrogens with zero attached hydrogens (tertiary/aromatic N) is 6. The van der Waals surface area contributed by atoms with Crippen molar-refractivity contribution in [2.75, 3.05) is 31.7 Å². The summed E-state index contributed by atoms with van der Waals surface area (Å²) in [7, 11) is 3.56. The minimum absolute atomic E-state index is 0.191. The van der Waals surface area contributed by atoms with Gasteiger partial charge in [0.2, 0.25) is 0 Å². The van der Waals surface area contributed by atoms with E-state index in [0.717, 1.165) is 17.0 Å². The Balaban J connectivity index is 1.78. The van der Waals surface area contributed by atoms with Crippen molar-refractivity contribution in [3.05, 3.63) is 58.9 Å². The quantitative estimate of drug-likeness (QED) is 0.554. The fraction of sp³-hybridized carbons (Fsp3) is 0.364. The number of anilines is 1. The predicted octanol–water partition coefficient (Wildman–Crippen LogP) is 2.49. The van der Waals surface area contributed by atoms with Gasteiger partial charge in [0.1, 0.15) is 5.82 Å². The van der Waals surface area contributed by atoms with E-state index in [2.05, 4.69) is 15.0 Å². The largest absolute Gasteiger partial charge is 0.377 e. The normalized spacial score (nSPS) is 18.6. The Kier molecular flexibility index (Phi) is 4.70. The second kappa shape index (κ2) is 7.42. The summed E-state index contributed by atoms with van der Waals surface area (Å²) in [6.07, 6.45) is 3.62. The van der Waals surface area contributed by atoms with Gasteiger partial charge in [-0.1, -0.05) is 0 Å². The maximum absolute atomic E-state index is 14.3. The van der Waals surface area contributed by atoms with Gasteiger partial charge >= 0.3 is 0 Å². The predicted molar refractivity (Wildman–Crippen MR) is 112 cm³/mol. The number of carbonyl (C=O) groups excluding carboxylic acids is 1. The molecule has 1 atom stereocenters. The van der Waals surface area contributed by atoms with E-state index < -0.39 is 5.82 Å². The molecule has 2 bridgehead atoms. The highest BCUT2D eigenvalue weighted by Gasteiger charge is 2.32. The second-order valence-corrected chi connectivity index (χ2v) is 8.00. The topological polar surface area (TPSA) is 76.4 Å². The summed E-state index contributed by atoms with van der Waals surface area (Å²) in [6, 6.07) is 3.95. The van der Waals surface area contributed by atoms with E-state index in [1.165, 1.54) is 12.1 Å². The minimum Gasteiger partial charge on any atom is -0.377 e. The Morgan fingerprint density at radius 1 is 1.23 bits per heavy atom. The summed E-state index contributed by atoms with van der Waals surface area (Å²) in [5.41, 5.74) is 4.05. The van der Waals surface area contributed by atoms with Crippen LogP contribution in [0.2, 0.25) is 0 Å². The maximum atomic E-state index is 14.3. The lowest BCUT2D eigenvalue weighted by molar-refractivity contribution is 0.0771. The summed E-state index contributed by atoms with van der Waals surface area (Å²) in [6.45, 7) is 3.60. The molecule has 0 radical (unpaired) electrons. The van der Waals surface area contributed by atoms with E-state index in [1.54, 1.807) is 28.9 Å². The standard InChI is InChI=1S/C22H23FN6O2/c1-13-21-25-18(9-24-13)17-10-28(3)26-19(17)11-27(2)22(30)15-5-4-14(23)8-16(15)20-12-31-7-6-29(20)21/h4-5,8-10,20H,6-7,11-12H2,1-3H3/t20-/m1/s1. The molecule has 1 saturated heterocycles. The Bertz CT molecular complexity index is 1180. The first-order valence-electron chi connectivity index (χ1n) is 10.2. The van der Waals surface area contributed by atoms with Gasteiger partial charge in [0.25, 0.3) is 5.91 Å². The average Bonchev–Trinajstić information content (AvgIpc) is 3.13. The molecule has 5 rings (SSSR count). The maximum Gasteiger partial charge on any atom is 0.254 e. The molecule has 3 aromatic rings. The molecule has 2 aromatic heterocycles. The third-order valence-electron chi connectivity index (χ3n) is 5.85. The van der Waals surface area contributed by atoms with Gasteiger partial charge in [-0.25, -0.2) is 9.37 Å². The number of morpholine rings is 1. The monoisotopic (exact) mass is 422 g/mol. The van der Waals surface area contributed by atoms with E-state index in [1.807, 2.05) is 20.2 Å². The SMILES string of the molecule is Cc1ncc2nc1N1CCOC[C@@H]1c1cc(F)ccc1C(=O)N(C)Cc1nn(C)cc1-2. The van der Waals surface area contributed by atoms with Gasteiger partial charge in [-0.3, -0.25) is 14.5 Å². The molecule has 1 aromatic carbocycles. The summed E-state index contributed by atoms with van der Waals surface area (Å²) in [5.74, 6) is 0.122. The highest BCUT2D eigenvalue weighted by Crippen LogP contribution is 2.35. The van der Waals surface area contributed by atoms with Crippen LogP contribution in [0.1, 0.15) is 33.4 Å². The number of hydrogen-bond acceptors (Lipinski definition) is 6. The van der Waals surface area contributed by atoms with Crippen molar-refractivity contribution in [3.63, 3.8) is 0 Å². The van der Waals surface area contributed by atoms with Gasteiger partial charge in [-0.15, -0.1) is 0 Å². The first kappa shape index (κ1) is 19.6. The summed E-state index contributed by atoms with van der Waals surface area (Å²) >= 11 is 0. The molecule has 31 heavy (non-hydrogen) atoms. The summed E-state index contributed by atoms with van der Waals surface area (Å²) in [4.78, 5) is 26.6. The molecule has 1 amide bonds. The van der Waals surface area contributed by atoms with E-state index in [-0.39, 0.29) is 11.9 Å². The van der Waals surface area contributed by atoms with Crippen molar-refractivity contribution >= 4 is 11.7 Å². The third-order valence-corrected chi connectivity index (χ3v) is 5.85. The lowest BCUT2D eigenvalue weighted by Crippen LogP contribution is -2.42. The molecule has 9 heteroatoms. The Hall–Kier alpha value is -3.33. The first-order valence-corrected chi connectivity index (χ1v) is 10.2. The Labute approximate surface area is 179 Å². The number of halogens is 1. The van der Waals surface area contributed by atoms with Crippen LogP contribution in [0.3, 0.4) is 0 Å².